The van der Waals surface area contributed by atoms with Crippen molar-refractivity contribution in [1.82, 2.24) is 4.98 Å². The van der Waals surface area contributed by atoms with Crippen molar-refractivity contribution in [3.63, 3.8) is 0 Å². The Hall–Kier alpha value is -3.35. The molecule has 1 amide bonds. The van der Waals surface area contributed by atoms with E-state index in [0.29, 0.717) is 16.8 Å². The van der Waals surface area contributed by atoms with Crippen molar-refractivity contribution in [3.05, 3.63) is 95.3 Å². The summed E-state index contributed by atoms with van der Waals surface area (Å²) in [7, 11) is 0. The lowest BCUT2D eigenvalue weighted by molar-refractivity contribution is -0.123. The van der Waals surface area contributed by atoms with E-state index >= 15 is 0 Å². The minimum Gasteiger partial charge on any atom is -0.353 e. The van der Waals surface area contributed by atoms with Crippen LogP contribution in [0.1, 0.15) is 79.4 Å². The van der Waals surface area contributed by atoms with Crippen molar-refractivity contribution in [1.29, 1.82) is 0 Å². The summed E-state index contributed by atoms with van der Waals surface area (Å²) in [6.07, 6.45) is 4.08. The lowest BCUT2D eigenvalue weighted by Gasteiger charge is -2.09. The highest BCUT2D eigenvalue weighted by Crippen LogP contribution is 2.13. The fourth-order valence-electron chi connectivity index (χ4n) is 2.79. The number of aryl methyl sites for hydroxylation is 1. The number of para-hydroxylation sites is 1. The summed E-state index contributed by atoms with van der Waals surface area (Å²) < 4.78 is 10.1. The van der Waals surface area contributed by atoms with Gasteiger partial charge in [-0.3, -0.25) is 14.6 Å². The zero-order chi connectivity index (χ0) is 26.8. The van der Waals surface area contributed by atoms with Crippen molar-refractivity contribution in [2.75, 3.05) is 18.5 Å². The number of ether oxygens (including phenoxy) is 2. The van der Waals surface area contributed by atoms with Gasteiger partial charge >= 0.3 is 0 Å². The highest BCUT2D eigenvalue weighted by Gasteiger charge is 2.14. The van der Waals surface area contributed by atoms with Crippen LogP contribution in [0.25, 0.3) is 0 Å². The first kappa shape index (κ1) is 30.7. The number of carbonyl (C=O) groups excluding carboxylic acids is 2. The van der Waals surface area contributed by atoms with Crippen LogP contribution in [0.3, 0.4) is 0 Å². The van der Waals surface area contributed by atoms with Crippen LogP contribution in [0.5, 0.6) is 0 Å². The Morgan fingerprint density at radius 1 is 0.833 bits per heavy atom. The summed E-state index contributed by atoms with van der Waals surface area (Å²) in [5, 5.41) is 2.79. The molecule has 0 aliphatic heterocycles. The molecule has 0 aliphatic carbocycles. The van der Waals surface area contributed by atoms with E-state index in [1.54, 1.807) is 30.3 Å². The number of hydrogen-bond acceptors (Lipinski definition) is 5. The summed E-state index contributed by atoms with van der Waals surface area (Å²) in [5.41, 5.74) is 2.97. The minimum absolute atomic E-state index is 0.0370. The molecular formula is C30H40N2O4. The molecule has 0 fully saturated rings. The molecule has 0 atom stereocenters. The van der Waals surface area contributed by atoms with Gasteiger partial charge in [-0.15, -0.1) is 0 Å². The number of rotatable bonds is 9. The van der Waals surface area contributed by atoms with Gasteiger partial charge in [-0.1, -0.05) is 74.7 Å². The van der Waals surface area contributed by atoms with Gasteiger partial charge in [0.25, 0.3) is 5.91 Å². The average Bonchev–Trinajstić information content (AvgIpc) is 2.90. The summed E-state index contributed by atoms with van der Waals surface area (Å²) in [4.78, 5) is 28.9. The number of hydrogen-bond donors (Lipinski definition) is 1. The molecule has 0 saturated heterocycles. The van der Waals surface area contributed by atoms with Crippen LogP contribution in [0, 0.1) is 6.92 Å². The minimum atomic E-state index is -0.276. The van der Waals surface area contributed by atoms with Gasteiger partial charge in [-0.25, -0.2) is 0 Å². The van der Waals surface area contributed by atoms with Crippen molar-refractivity contribution < 1.29 is 19.1 Å². The van der Waals surface area contributed by atoms with Crippen LogP contribution in [0.15, 0.2) is 72.9 Å². The Balaban J connectivity index is 0.000000452. The van der Waals surface area contributed by atoms with Gasteiger partial charge in [0.05, 0.1) is 0 Å². The number of amides is 1. The fraction of sp³-hybridized carbons (Fsp3) is 0.367. The third kappa shape index (κ3) is 11.9. The highest BCUT2D eigenvalue weighted by atomic mass is 16.7. The molecule has 36 heavy (non-hydrogen) atoms. The van der Waals surface area contributed by atoms with Crippen molar-refractivity contribution in [3.8, 4) is 0 Å². The second-order valence-corrected chi connectivity index (χ2v) is 7.92. The third-order valence-electron chi connectivity index (χ3n) is 4.90. The van der Waals surface area contributed by atoms with E-state index in [1.807, 2.05) is 58.0 Å². The molecule has 1 aromatic heterocycles. The monoisotopic (exact) mass is 492 g/mol. The fourth-order valence-corrected chi connectivity index (χ4v) is 2.79. The Labute approximate surface area is 216 Å². The lowest BCUT2D eigenvalue weighted by atomic mass is 10.0. The molecule has 0 spiro atoms. The van der Waals surface area contributed by atoms with E-state index in [4.69, 9.17) is 9.47 Å². The van der Waals surface area contributed by atoms with Crippen LogP contribution < -0.4 is 5.32 Å². The average molecular weight is 493 g/mol. The molecule has 1 N–H and O–H groups in total. The molecule has 0 saturated carbocycles. The van der Waals surface area contributed by atoms with Crippen molar-refractivity contribution >= 4 is 17.4 Å². The van der Waals surface area contributed by atoms with Crippen LogP contribution in [-0.4, -0.2) is 36.2 Å². The second kappa shape index (κ2) is 18.0. The van der Waals surface area contributed by atoms with E-state index in [1.165, 1.54) is 25.1 Å². The maximum Gasteiger partial charge on any atom is 0.255 e. The topological polar surface area (TPSA) is 77.5 Å². The summed E-state index contributed by atoms with van der Waals surface area (Å²) in [5.74, 6) is -0.481. The number of aromatic nitrogens is 1. The molecule has 3 aromatic rings. The SMILES string of the molecule is CCCC.CCOC(C)OCC.Cc1ccc(C(=O)c2cc(C(=O)Nc3ccccc3)ccn2)cc1. The molecule has 0 aliphatic rings. The number of unbranched alkanes of at least 4 members (excludes halogenated alkanes) is 1. The molecule has 3 rings (SSSR count). The number of benzene rings is 2. The van der Waals surface area contributed by atoms with Crippen LogP contribution in [0.2, 0.25) is 0 Å². The Morgan fingerprint density at radius 3 is 1.94 bits per heavy atom. The number of pyridine rings is 1. The molecule has 6 nitrogen and oxygen atoms in total. The predicted molar refractivity (Wildman–Crippen MR) is 147 cm³/mol. The molecule has 0 unspecified atom stereocenters. The zero-order valence-electron chi connectivity index (χ0n) is 22.4. The van der Waals surface area contributed by atoms with Gasteiger partial charge in [0.2, 0.25) is 5.78 Å². The van der Waals surface area contributed by atoms with Gasteiger partial charge in [-0.05, 0) is 52.0 Å². The van der Waals surface area contributed by atoms with E-state index in [0.717, 1.165) is 18.8 Å². The summed E-state index contributed by atoms with van der Waals surface area (Å²) in [6.45, 7) is 13.6. The Kier molecular flexibility index (Phi) is 15.3. The van der Waals surface area contributed by atoms with E-state index < -0.39 is 0 Å². The van der Waals surface area contributed by atoms with E-state index in [-0.39, 0.29) is 23.7 Å². The van der Waals surface area contributed by atoms with Gasteiger partial charge in [0, 0.05) is 36.2 Å². The molecule has 194 valence electrons. The summed E-state index contributed by atoms with van der Waals surface area (Å²) >= 11 is 0. The standard InChI is InChI=1S/C20H16N2O2.C6H14O2.C4H10/c1-14-7-9-15(10-8-14)19(23)18-13-16(11-12-21-18)20(24)22-17-5-3-2-4-6-17;1-4-7-6(3)8-5-2;1-3-4-2/h2-13H,1H3,(H,22,24);6H,4-5H2,1-3H3;3-4H2,1-2H3. The molecule has 2 aromatic carbocycles. The summed E-state index contributed by atoms with van der Waals surface area (Å²) in [6, 6.07) is 19.5. The molecule has 1 heterocycles. The van der Waals surface area contributed by atoms with Crippen LogP contribution in [0.4, 0.5) is 5.69 Å². The van der Waals surface area contributed by atoms with Crippen LogP contribution in [-0.2, 0) is 9.47 Å². The highest BCUT2D eigenvalue weighted by molar-refractivity contribution is 6.10. The Bertz CT molecular complexity index is 1010. The second-order valence-electron chi connectivity index (χ2n) is 7.92. The number of ketones is 1. The number of nitrogens with zero attached hydrogens (tertiary/aromatic N) is 1. The number of carbonyl (C=O) groups is 2. The van der Waals surface area contributed by atoms with Crippen molar-refractivity contribution in [2.24, 2.45) is 0 Å². The third-order valence-corrected chi connectivity index (χ3v) is 4.90. The van der Waals surface area contributed by atoms with E-state index in [9.17, 15) is 9.59 Å². The van der Waals surface area contributed by atoms with Crippen LogP contribution >= 0.6 is 0 Å². The maximum absolute atomic E-state index is 12.5. The molecule has 0 bridgehead atoms. The molecular weight excluding hydrogens is 452 g/mol. The Morgan fingerprint density at radius 2 is 1.42 bits per heavy atom. The first-order valence-electron chi connectivity index (χ1n) is 12.5. The first-order chi connectivity index (χ1) is 17.4. The van der Waals surface area contributed by atoms with Gasteiger partial charge < -0.3 is 14.8 Å². The van der Waals surface area contributed by atoms with E-state index in [2.05, 4.69) is 24.1 Å². The van der Waals surface area contributed by atoms with Gasteiger partial charge in [0.15, 0.2) is 6.29 Å². The molecule has 0 radical (unpaired) electrons. The van der Waals surface area contributed by atoms with Gasteiger partial charge in [-0.2, -0.15) is 0 Å². The number of nitrogens with one attached hydrogen (secondary N) is 1. The largest absolute Gasteiger partial charge is 0.353 e. The van der Waals surface area contributed by atoms with Gasteiger partial charge in [0.1, 0.15) is 5.69 Å². The maximum atomic E-state index is 12.5. The quantitative estimate of drug-likeness (QED) is 0.255. The number of anilines is 1. The normalized spacial score (nSPS) is 9.97. The lowest BCUT2D eigenvalue weighted by Crippen LogP contribution is -2.13. The van der Waals surface area contributed by atoms with Crippen molar-refractivity contribution in [2.45, 2.75) is 60.7 Å². The first-order valence-corrected chi connectivity index (χ1v) is 12.5. The molecule has 6 heteroatoms. The zero-order valence-corrected chi connectivity index (χ0v) is 22.4. The smallest absolute Gasteiger partial charge is 0.255 e. The predicted octanol–water partition coefficient (Wildman–Crippen LogP) is 7.09.